The SMILES string of the molecule is CCNC(=NCc1cccc(CS(=O)(=O)NC)c1)NCCCOC(C)c1ccccc1.I. The summed E-state index contributed by atoms with van der Waals surface area (Å²) in [6, 6.07) is 17.7. The van der Waals surface area contributed by atoms with Gasteiger partial charge in [-0.05, 0) is 44.0 Å². The molecule has 0 saturated carbocycles. The van der Waals surface area contributed by atoms with Crippen molar-refractivity contribution >= 4 is 40.0 Å². The molecule has 3 N–H and O–H groups in total. The molecule has 0 aliphatic rings. The van der Waals surface area contributed by atoms with Crippen LogP contribution >= 0.6 is 24.0 Å². The van der Waals surface area contributed by atoms with Crippen LogP contribution in [0.15, 0.2) is 59.6 Å². The van der Waals surface area contributed by atoms with Crippen LogP contribution in [-0.4, -0.2) is 41.1 Å². The van der Waals surface area contributed by atoms with Crippen molar-refractivity contribution in [3.05, 3.63) is 71.3 Å². The van der Waals surface area contributed by atoms with Gasteiger partial charge >= 0.3 is 0 Å². The molecule has 0 aromatic heterocycles. The summed E-state index contributed by atoms with van der Waals surface area (Å²) < 4.78 is 31.8. The minimum Gasteiger partial charge on any atom is -0.374 e. The van der Waals surface area contributed by atoms with E-state index >= 15 is 0 Å². The van der Waals surface area contributed by atoms with Gasteiger partial charge in [-0.15, -0.1) is 24.0 Å². The normalized spacial score (nSPS) is 12.7. The van der Waals surface area contributed by atoms with Crippen molar-refractivity contribution in [2.75, 3.05) is 26.7 Å². The van der Waals surface area contributed by atoms with Gasteiger partial charge in [0.15, 0.2) is 5.96 Å². The molecule has 178 valence electrons. The maximum atomic E-state index is 11.8. The molecule has 1 atom stereocenters. The van der Waals surface area contributed by atoms with Crippen molar-refractivity contribution in [3.8, 4) is 0 Å². The van der Waals surface area contributed by atoms with Gasteiger partial charge in [-0.25, -0.2) is 18.1 Å². The van der Waals surface area contributed by atoms with Crippen LogP contribution in [0.4, 0.5) is 0 Å². The number of ether oxygens (including phenoxy) is 1. The second-order valence-electron chi connectivity index (χ2n) is 7.18. The average Bonchev–Trinajstić information content (AvgIpc) is 2.77. The van der Waals surface area contributed by atoms with Gasteiger partial charge < -0.3 is 15.4 Å². The van der Waals surface area contributed by atoms with E-state index in [2.05, 4.69) is 39.4 Å². The Labute approximate surface area is 209 Å². The van der Waals surface area contributed by atoms with E-state index in [0.717, 1.165) is 36.6 Å². The van der Waals surface area contributed by atoms with Crippen molar-refractivity contribution in [3.63, 3.8) is 0 Å². The van der Waals surface area contributed by atoms with E-state index in [1.165, 1.54) is 12.6 Å². The Morgan fingerprint density at radius 2 is 1.78 bits per heavy atom. The monoisotopic (exact) mass is 574 g/mol. The minimum atomic E-state index is -3.29. The van der Waals surface area contributed by atoms with Crippen LogP contribution in [0, 0.1) is 0 Å². The minimum absolute atomic E-state index is 0. The van der Waals surface area contributed by atoms with E-state index < -0.39 is 10.0 Å². The third-order valence-corrected chi connectivity index (χ3v) is 6.01. The van der Waals surface area contributed by atoms with Gasteiger partial charge in [0.25, 0.3) is 0 Å². The molecule has 0 saturated heterocycles. The third-order valence-electron chi connectivity index (χ3n) is 4.67. The fourth-order valence-electron chi connectivity index (χ4n) is 2.98. The van der Waals surface area contributed by atoms with Crippen LogP contribution in [-0.2, 0) is 27.1 Å². The Morgan fingerprint density at radius 1 is 1.06 bits per heavy atom. The molecular formula is C23H35IN4O3S. The van der Waals surface area contributed by atoms with Crippen LogP contribution < -0.4 is 15.4 Å². The summed E-state index contributed by atoms with van der Waals surface area (Å²) in [6.45, 7) is 6.70. The molecule has 1 unspecified atom stereocenters. The second-order valence-corrected chi connectivity index (χ2v) is 9.11. The Morgan fingerprint density at radius 3 is 2.47 bits per heavy atom. The molecular weight excluding hydrogens is 539 g/mol. The predicted octanol–water partition coefficient (Wildman–Crippen LogP) is 3.58. The Bertz CT molecular complexity index is 924. The van der Waals surface area contributed by atoms with Crippen molar-refractivity contribution < 1.29 is 13.2 Å². The topological polar surface area (TPSA) is 91.8 Å². The molecule has 0 spiro atoms. The van der Waals surface area contributed by atoms with E-state index in [9.17, 15) is 8.42 Å². The van der Waals surface area contributed by atoms with Gasteiger partial charge in [0, 0.05) is 19.7 Å². The molecule has 2 aromatic carbocycles. The fraction of sp³-hybridized carbons (Fsp3) is 0.435. The van der Waals surface area contributed by atoms with Gasteiger partial charge in [0.1, 0.15) is 0 Å². The molecule has 0 aliphatic carbocycles. The van der Waals surface area contributed by atoms with Crippen LogP contribution in [0.1, 0.15) is 43.1 Å². The van der Waals surface area contributed by atoms with Crippen molar-refractivity contribution in [2.24, 2.45) is 4.99 Å². The largest absolute Gasteiger partial charge is 0.374 e. The van der Waals surface area contributed by atoms with Gasteiger partial charge in [0.2, 0.25) is 10.0 Å². The Kier molecular flexibility index (Phi) is 13.5. The highest BCUT2D eigenvalue weighted by Crippen LogP contribution is 2.15. The molecule has 0 fully saturated rings. The number of aliphatic imine (C=N–C) groups is 1. The number of nitrogens with one attached hydrogen (secondary N) is 3. The summed E-state index contributed by atoms with van der Waals surface area (Å²) in [6.07, 6.45) is 0.931. The quantitative estimate of drug-likeness (QED) is 0.156. The lowest BCUT2D eigenvalue weighted by molar-refractivity contribution is 0.0646. The highest BCUT2D eigenvalue weighted by Gasteiger charge is 2.09. The molecule has 0 amide bonds. The number of sulfonamides is 1. The van der Waals surface area contributed by atoms with Gasteiger partial charge in [-0.3, -0.25) is 0 Å². The lowest BCUT2D eigenvalue weighted by Gasteiger charge is -2.15. The van der Waals surface area contributed by atoms with Crippen LogP contribution in [0.3, 0.4) is 0 Å². The zero-order chi connectivity index (χ0) is 22.5. The van der Waals surface area contributed by atoms with E-state index in [1.54, 1.807) is 0 Å². The third kappa shape index (κ3) is 10.8. The zero-order valence-corrected chi connectivity index (χ0v) is 22.2. The first-order valence-electron chi connectivity index (χ1n) is 10.6. The first kappa shape index (κ1) is 28.3. The lowest BCUT2D eigenvalue weighted by Crippen LogP contribution is -2.38. The molecule has 2 rings (SSSR count). The zero-order valence-electron chi connectivity index (χ0n) is 19.0. The van der Waals surface area contributed by atoms with Gasteiger partial charge in [-0.1, -0.05) is 54.6 Å². The smallest absolute Gasteiger partial charge is 0.215 e. The number of halogens is 1. The van der Waals surface area contributed by atoms with Crippen molar-refractivity contribution in [1.82, 2.24) is 15.4 Å². The highest BCUT2D eigenvalue weighted by atomic mass is 127. The summed E-state index contributed by atoms with van der Waals surface area (Å²) in [5.41, 5.74) is 2.88. The van der Waals surface area contributed by atoms with Crippen molar-refractivity contribution in [2.45, 2.75) is 38.7 Å². The summed E-state index contributed by atoms with van der Waals surface area (Å²) in [4.78, 5) is 4.61. The molecule has 32 heavy (non-hydrogen) atoms. The summed E-state index contributed by atoms with van der Waals surface area (Å²) in [5, 5.41) is 6.55. The van der Waals surface area contributed by atoms with Crippen LogP contribution in [0.25, 0.3) is 0 Å². The van der Waals surface area contributed by atoms with Crippen LogP contribution in [0.5, 0.6) is 0 Å². The van der Waals surface area contributed by atoms with Crippen LogP contribution in [0.2, 0.25) is 0 Å². The van der Waals surface area contributed by atoms with E-state index in [1.807, 2.05) is 49.4 Å². The number of hydrogen-bond acceptors (Lipinski definition) is 4. The molecule has 0 radical (unpaired) electrons. The van der Waals surface area contributed by atoms with E-state index in [-0.39, 0.29) is 35.8 Å². The highest BCUT2D eigenvalue weighted by molar-refractivity contribution is 14.0. The average molecular weight is 575 g/mol. The second kappa shape index (κ2) is 15.2. The maximum absolute atomic E-state index is 11.8. The molecule has 0 bridgehead atoms. The number of guanidine groups is 1. The van der Waals surface area contributed by atoms with Crippen molar-refractivity contribution in [1.29, 1.82) is 0 Å². The molecule has 7 nitrogen and oxygen atoms in total. The standard InChI is InChI=1S/C23H34N4O3S.HI/c1-4-25-23(26-14-9-15-30-19(2)22-12-6-5-7-13-22)27-17-20-10-8-11-21(16-20)18-31(28,29)24-3;/h5-8,10-13,16,19,24H,4,9,14-15,17-18H2,1-3H3,(H2,25,26,27);1H. The summed E-state index contributed by atoms with van der Waals surface area (Å²) in [7, 11) is -1.87. The number of benzene rings is 2. The molecule has 9 heteroatoms. The number of hydrogen-bond donors (Lipinski definition) is 3. The lowest BCUT2D eigenvalue weighted by atomic mass is 10.1. The number of nitrogens with zero attached hydrogens (tertiary/aromatic N) is 1. The Hall–Kier alpha value is -1.69. The first-order valence-corrected chi connectivity index (χ1v) is 12.3. The molecule has 2 aromatic rings. The first-order chi connectivity index (χ1) is 14.9. The molecule has 0 aliphatic heterocycles. The predicted molar refractivity (Wildman–Crippen MR) is 142 cm³/mol. The number of rotatable bonds is 12. The summed E-state index contributed by atoms with van der Waals surface area (Å²) >= 11 is 0. The maximum Gasteiger partial charge on any atom is 0.215 e. The fourth-order valence-corrected chi connectivity index (χ4v) is 3.74. The Balaban J connectivity index is 0.00000512. The summed E-state index contributed by atoms with van der Waals surface area (Å²) in [5.74, 6) is 0.688. The van der Waals surface area contributed by atoms with Gasteiger partial charge in [0.05, 0.1) is 18.4 Å². The molecule has 0 heterocycles. The van der Waals surface area contributed by atoms with Gasteiger partial charge in [-0.2, -0.15) is 0 Å². The van der Waals surface area contributed by atoms with E-state index in [0.29, 0.717) is 13.2 Å². The van der Waals surface area contributed by atoms with E-state index in [4.69, 9.17) is 4.74 Å².